The molecule has 0 aromatic heterocycles. The number of rotatable bonds is 5. The van der Waals surface area contributed by atoms with Crippen molar-refractivity contribution in [1.82, 2.24) is 0 Å². The van der Waals surface area contributed by atoms with Crippen LogP contribution in [0.15, 0.2) is 49.1 Å². The number of methoxy groups -OCH3 is 1. The first kappa shape index (κ1) is 15.7. The normalized spacial score (nSPS) is 10.1. The van der Waals surface area contributed by atoms with E-state index < -0.39 is 17.5 Å². The highest BCUT2D eigenvalue weighted by atomic mass is 19.1. The van der Waals surface area contributed by atoms with Gasteiger partial charge in [0.05, 0.1) is 12.8 Å². The number of hydrogen-bond donors (Lipinski definition) is 1. The van der Waals surface area contributed by atoms with Gasteiger partial charge in [-0.05, 0) is 42.3 Å². The third-order valence-corrected chi connectivity index (χ3v) is 3.09. The third kappa shape index (κ3) is 3.49. The molecule has 0 atom stereocenters. The first-order valence-electron chi connectivity index (χ1n) is 6.59. The fourth-order valence-electron chi connectivity index (χ4n) is 2.02. The van der Waals surface area contributed by atoms with Gasteiger partial charge in [0.2, 0.25) is 0 Å². The maximum Gasteiger partial charge on any atom is 0.255 e. The Bertz CT molecular complexity index is 714. The summed E-state index contributed by atoms with van der Waals surface area (Å²) in [6.45, 7) is 3.65. The maximum atomic E-state index is 13.6. The van der Waals surface area contributed by atoms with Gasteiger partial charge >= 0.3 is 0 Å². The molecule has 0 aliphatic carbocycles. The molecule has 0 bridgehead atoms. The van der Waals surface area contributed by atoms with Gasteiger partial charge in [-0.15, -0.1) is 6.58 Å². The topological polar surface area (TPSA) is 38.3 Å². The van der Waals surface area contributed by atoms with E-state index in [0.717, 1.165) is 11.6 Å². The highest BCUT2D eigenvalue weighted by Gasteiger charge is 2.12. The molecule has 22 heavy (non-hydrogen) atoms. The minimum absolute atomic E-state index is 0.0764. The molecule has 0 heterocycles. The largest absolute Gasteiger partial charge is 0.496 e. The quantitative estimate of drug-likeness (QED) is 0.849. The van der Waals surface area contributed by atoms with Crippen LogP contribution in [0.1, 0.15) is 15.9 Å². The van der Waals surface area contributed by atoms with E-state index in [4.69, 9.17) is 4.74 Å². The van der Waals surface area contributed by atoms with Crippen molar-refractivity contribution in [2.45, 2.75) is 6.42 Å². The lowest BCUT2D eigenvalue weighted by Gasteiger charge is -2.10. The fraction of sp³-hybridized carbons (Fsp3) is 0.118. The molecule has 114 valence electrons. The van der Waals surface area contributed by atoms with Gasteiger partial charge in [0, 0.05) is 11.6 Å². The summed E-state index contributed by atoms with van der Waals surface area (Å²) in [5.41, 5.74) is 1.07. The van der Waals surface area contributed by atoms with Crippen molar-refractivity contribution in [3.63, 3.8) is 0 Å². The number of ether oxygens (including phenoxy) is 1. The lowest BCUT2D eigenvalue weighted by Crippen LogP contribution is -2.13. The van der Waals surface area contributed by atoms with Crippen molar-refractivity contribution in [3.05, 3.63) is 71.8 Å². The van der Waals surface area contributed by atoms with Gasteiger partial charge in [-0.1, -0.05) is 6.08 Å². The van der Waals surface area contributed by atoms with Gasteiger partial charge in [-0.3, -0.25) is 4.79 Å². The van der Waals surface area contributed by atoms with Crippen molar-refractivity contribution in [1.29, 1.82) is 0 Å². The summed E-state index contributed by atoms with van der Waals surface area (Å²) in [4.78, 5) is 12.2. The van der Waals surface area contributed by atoms with Crippen LogP contribution in [0.25, 0.3) is 0 Å². The van der Waals surface area contributed by atoms with Crippen LogP contribution in [0.5, 0.6) is 5.75 Å². The van der Waals surface area contributed by atoms with Gasteiger partial charge in [0.15, 0.2) is 0 Å². The molecule has 0 saturated carbocycles. The highest BCUT2D eigenvalue weighted by Crippen LogP contribution is 2.22. The second-order valence-corrected chi connectivity index (χ2v) is 4.60. The number of carbonyl (C=O) groups excluding carboxylic acids is 1. The number of hydrogen-bond acceptors (Lipinski definition) is 2. The fourth-order valence-corrected chi connectivity index (χ4v) is 2.02. The Balaban J connectivity index is 2.25. The number of benzene rings is 2. The highest BCUT2D eigenvalue weighted by molar-refractivity contribution is 6.04. The van der Waals surface area contributed by atoms with Crippen LogP contribution in [0.4, 0.5) is 14.5 Å². The smallest absolute Gasteiger partial charge is 0.255 e. The summed E-state index contributed by atoms with van der Waals surface area (Å²) in [6, 6.07) is 7.85. The summed E-state index contributed by atoms with van der Waals surface area (Å²) in [6.07, 6.45) is 2.23. The molecular formula is C17H15F2NO2. The maximum absolute atomic E-state index is 13.6. The SMILES string of the molecule is C=CCc1cc(C(=O)Nc2ccc(F)cc2F)ccc1OC. The van der Waals surface area contributed by atoms with Gasteiger partial charge in [-0.2, -0.15) is 0 Å². The van der Waals surface area contributed by atoms with Crippen LogP contribution >= 0.6 is 0 Å². The van der Waals surface area contributed by atoms with Crippen LogP contribution in [-0.4, -0.2) is 13.0 Å². The summed E-state index contributed by atoms with van der Waals surface area (Å²) < 4.78 is 31.6. The molecule has 2 aromatic rings. The van der Waals surface area contributed by atoms with Crippen LogP contribution in [0.2, 0.25) is 0 Å². The molecule has 2 aromatic carbocycles. The number of nitrogens with one attached hydrogen (secondary N) is 1. The standard InChI is InChI=1S/C17H15F2NO2/c1-3-4-11-9-12(5-8-16(11)22-2)17(21)20-15-7-6-13(18)10-14(15)19/h3,5-10H,1,4H2,2H3,(H,20,21). The number of allylic oxidation sites excluding steroid dienone is 1. The molecule has 1 N–H and O–H groups in total. The lowest BCUT2D eigenvalue weighted by molar-refractivity contribution is 0.102. The van der Waals surface area contributed by atoms with Gasteiger partial charge in [0.25, 0.3) is 5.91 Å². The zero-order valence-electron chi connectivity index (χ0n) is 12.0. The third-order valence-electron chi connectivity index (χ3n) is 3.09. The Morgan fingerprint density at radius 3 is 2.68 bits per heavy atom. The molecule has 0 unspecified atom stereocenters. The van der Waals surface area contributed by atoms with E-state index in [1.54, 1.807) is 24.3 Å². The Labute approximate surface area is 127 Å². The van der Waals surface area contributed by atoms with E-state index in [-0.39, 0.29) is 5.69 Å². The molecule has 3 nitrogen and oxygen atoms in total. The monoisotopic (exact) mass is 303 g/mol. The Morgan fingerprint density at radius 1 is 1.27 bits per heavy atom. The lowest BCUT2D eigenvalue weighted by atomic mass is 10.1. The Morgan fingerprint density at radius 2 is 2.05 bits per heavy atom. The van der Waals surface area contributed by atoms with Crippen LogP contribution in [-0.2, 0) is 6.42 Å². The second-order valence-electron chi connectivity index (χ2n) is 4.60. The van der Waals surface area contributed by atoms with E-state index >= 15 is 0 Å². The van der Waals surface area contributed by atoms with Crippen LogP contribution in [0, 0.1) is 11.6 Å². The van der Waals surface area contributed by atoms with Crippen molar-refractivity contribution < 1.29 is 18.3 Å². The minimum Gasteiger partial charge on any atom is -0.496 e. The molecular weight excluding hydrogens is 288 g/mol. The van der Waals surface area contributed by atoms with E-state index in [2.05, 4.69) is 11.9 Å². The summed E-state index contributed by atoms with van der Waals surface area (Å²) >= 11 is 0. The zero-order chi connectivity index (χ0) is 16.1. The molecule has 0 spiro atoms. The average Bonchev–Trinajstić information content (AvgIpc) is 2.50. The van der Waals surface area contributed by atoms with E-state index in [9.17, 15) is 13.6 Å². The summed E-state index contributed by atoms with van der Waals surface area (Å²) in [5, 5.41) is 2.41. The van der Waals surface area contributed by atoms with Crippen LogP contribution < -0.4 is 10.1 Å². The van der Waals surface area contributed by atoms with Crippen LogP contribution in [0.3, 0.4) is 0 Å². The molecule has 0 saturated heterocycles. The van der Waals surface area contributed by atoms with E-state index in [1.165, 1.54) is 13.2 Å². The number of amides is 1. The second kappa shape index (κ2) is 6.85. The van der Waals surface area contributed by atoms with Crippen molar-refractivity contribution in [3.8, 4) is 5.75 Å². The predicted molar refractivity (Wildman–Crippen MR) is 81.2 cm³/mol. The Kier molecular flexibility index (Phi) is 4.88. The van der Waals surface area contributed by atoms with Gasteiger partial charge < -0.3 is 10.1 Å². The number of anilines is 1. The van der Waals surface area contributed by atoms with Gasteiger partial charge in [0.1, 0.15) is 17.4 Å². The molecule has 0 aliphatic rings. The number of carbonyl (C=O) groups is 1. The molecule has 0 aliphatic heterocycles. The number of halogens is 2. The molecule has 1 amide bonds. The summed E-state index contributed by atoms with van der Waals surface area (Å²) in [5.74, 6) is -1.37. The molecule has 2 rings (SSSR count). The van der Waals surface area contributed by atoms with E-state index in [0.29, 0.717) is 23.8 Å². The van der Waals surface area contributed by atoms with Gasteiger partial charge in [-0.25, -0.2) is 8.78 Å². The molecule has 0 radical (unpaired) electrons. The van der Waals surface area contributed by atoms with Crippen molar-refractivity contribution >= 4 is 11.6 Å². The first-order chi connectivity index (χ1) is 10.5. The summed E-state index contributed by atoms with van der Waals surface area (Å²) in [7, 11) is 1.54. The zero-order valence-corrected chi connectivity index (χ0v) is 12.0. The first-order valence-corrected chi connectivity index (χ1v) is 6.59. The average molecular weight is 303 g/mol. The van der Waals surface area contributed by atoms with E-state index in [1.807, 2.05) is 0 Å². The minimum atomic E-state index is -0.826. The van der Waals surface area contributed by atoms with Crippen molar-refractivity contribution in [2.24, 2.45) is 0 Å². The molecule has 5 heteroatoms. The predicted octanol–water partition coefficient (Wildman–Crippen LogP) is 3.95. The van der Waals surface area contributed by atoms with Crippen molar-refractivity contribution in [2.75, 3.05) is 12.4 Å². The molecule has 0 fully saturated rings. The Hall–Kier alpha value is -2.69.